The van der Waals surface area contributed by atoms with Crippen LogP contribution in [0.4, 0.5) is 13.2 Å². The van der Waals surface area contributed by atoms with Gasteiger partial charge in [-0.25, -0.2) is 0 Å². The molecular formula is C13H13ClF3NO. The maximum atomic E-state index is 12.6. The van der Waals surface area contributed by atoms with E-state index in [1.54, 1.807) is 13.8 Å². The van der Waals surface area contributed by atoms with Crippen molar-refractivity contribution in [3.05, 3.63) is 40.4 Å². The first-order valence-corrected chi connectivity index (χ1v) is 5.93. The van der Waals surface area contributed by atoms with Gasteiger partial charge in [0.1, 0.15) is 0 Å². The molecule has 0 unspecified atom stereocenters. The van der Waals surface area contributed by atoms with Crippen molar-refractivity contribution in [2.75, 3.05) is 0 Å². The van der Waals surface area contributed by atoms with E-state index in [2.05, 4.69) is 5.32 Å². The number of carbonyl (C=O) groups excluding carboxylic acids is 1. The molecule has 0 aromatic heterocycles. The number of nitrogens with one attached hydrogen (secondary N) is 1. The maximum Gasteiger partial charge on any atom is 0.417 e. The molecule has 0 saturated carbocycles. The van der Waals surface area contributed by atoms with Crippen LogP contribution in [0.25, 0.3) is 6.08 Å². The molecule has 1 rings (SSSR count). The first kappa shape index (κ1) is 15.6. The molecule has 1 amide bonds. The zero-order chi connectivity index (χ0) is 14.6. The fraction of sp³-hybridized carbons (Fsp3) is 0.308. The second kappa shape index (κ2) is 6.10. The van der Waals surface area contributed by atoms with Crippen molar-refractivity contribution in [3.63, 3.8) is 0 Å². The van der Waals surface area contributed by atoms with Gasteiger partial charge >= 0.3 is 6.18 Å². The molecule has 0 aliphatic heterocycles. The van der Waals surface area contributed by atoms with Crippen molar-refractivity contribution in [1.82, 2.24) is 5.32 Å². The summed E-state index contributed by atoms with van der Waals surface area (Å²) in [5, 5.41) is 2.23. The number of rotatable bonds is 3. The molecule has 0 radical (unpaired) electrons. The molecule has 1 aromatic rings. The lowest BCUT2D eigenvalue weighted by Crippen LogP contribution is -2.28. The van der Waals surface area contributed by atoms with Crippen LogP contribution in [-0.2, 0) is 11.0 Å². The van der Waals surface area contributed by atoms with E-state index < -0.39 is 11.7 Å². The Morgan fingerprint density at radius 2 is 2.00 bits per heavy atom. The number of benzene rings is 1. The molecule has 6 heteroatoms. The van der Waals surface area contributed by atoms with Crippen molar-refractivity contribution in [2.45, 2.75) is 26.1 Å². The van der Waals surface area contributed by atoms with Gasteiger partial charge in [-0.05, 0) is 37.6 Å². The van der Waals surface area contributed by atoms with E-state index in [0.717, 1.165) is 12.1 Å². The van der Waals surface area contributed by atoms with Crippen LogP contribution in [-0.4, -0.2) is 11.9 Å². The normalized spacial score (nSPS) is 12.2. The van der Waals surface area contributed by atoms with Crippen LogP contribution in [0.1, 0.15) is 25.0 Å². The summed E-state index contributed by atoms with van der Waals surface area (Å²) in [6.45, 7) is 3.57. The SMILES string of the molecule is CC(C)NC(=O)/C=C/c1ccc(Cl)c(C(F)(F)F)c1. The van der Waals surface area contributed by atoms with Crippen LogP contribution in [0.3, 0.4) is 0 Å². The smallest absolute Gasteiger partial charge is 0.350 e. The van der Waals surface area contributed by atoms with Crippen LogP contribution in [0.5, 0.6) is 0 Å². The standard InChI is InChI=1S/C13H13ClF3NO/c1-8(2)18-12(19)6-4-9-3-5-11(14)10(7-9)13(15,16)17/h3-8H,1-2H3,(H,18,19)/b6-4+. The number of halogens is 4. The van der Waals surface area contributed by atoms with Crippen LogP contribution >= 0.6 is 11.6 Å². The van der Waals surface area contributed by atoms with Crippen LogP contribution < -0.4 is 5.32 Å². The molecule has 1 aromatic carbocycles. The lowest BCUT2D eigenvalue weighted by molar-refractivity contribution is -0.137. The number of carbonyl (C=O) groups is 1. The lowest BCUT2D eigenvalue weighted by Gasteiger charge is -2.09. The second-order valence-corrected chi connectivity index (χ2v) is 4.64. The Labute approximate surface area is 114 Å². The van der Waals surface area contributed by atoms with Crippen LogP contribution in [0.2, 0.25) is 5.02 Å². The highest BCUT2D eigenvalue weighted by Crippen LogP contribution is 2.35. The number of amides is 1. The lowest BCUT2D eigenvalue weighted by atomic mass is 10.1. The Balaban J connectivity index is 2.92. The minimum absolute atomic E-state index is 0.0342. The zero-order valence-electron chi connectivity index (χ0n) is 10.4. The number of hydrogen-bond donors (Lipinski definition) is 1. The molecule has 0 atom stereocenters. The van der Waals surface area contributed by atoms with Gasteiger partial charge in [0.25, 0.3) is 0 Å². The largest absolute Gasteiger partial charge is 0.417 e. The molecule has 1 N–H and O–H groups in total. The zero-order valence-corrected chi connectivity index (χ0v) is 11.1. The molecule has 19 heavy (non-hydrogen) atoms. The highest BCUT2D eigenvalue weighted by Gasteiger charge is 2.33. The predicted molar refractivity (Wildman–Crippen MR) is 68.8 cm³/mol. The Hall–Kier alpha value is -1.49. The van der Waals surface area contributed by atoms with E-state index in [4.69, 9.17) is 11.6 Å². The Morgan fingerprint density at radius 3 is 2.53 bits per heavy atom. The summed E-state index contributed by atoms with van der Waals surface area (Å²) in [6.07, 6.45) is -2.02. The third-order valence-electron chi connectivity index (χ3n) is 2.15. The van der Waals surface area contributed by atoms with Gasteiger partial charge in [-0.1, -0.05) is 17.7 Å². The van der Waals surface area contributed by atoms with Gasteiger partial charge in [0.2, 0.25) is 5.91 Å². The van der Waals surface area contributed by atoms with Crippen LogP contribution in [0.15, 0.2) is 24.3 Å². The molecule has 0 fully saturated rings. The van der Waals surface area contributed by atoms with Crippen molar-refractivity contribution >= 4 is 23.6 Å². The van der Waals surface area contributed by atoms with E-state index in [9.17, 15) is 18.0 Å². The molecule has 0 bridgehead atoms. The summed E-state index contributed by atoms with van der Waals surface area (Å²) in [5.74, 6) is -0.362. The maximum absolute atomic E-state index is 12.6. The molecule has 0 aliphatic rings. The quantitative estimate of drug-likeness (QED) is 0.841. The Morgan fingerprint density at radius 1 is 1.37 bits per heavy atom. The molecule has 0 saturated heterocycles. The fourth-order valence-electron chi connectivity index (χ4n) is 1.37. The number of hydrogen-bond acceptors (Lipinski definition) is 1. The van der Waals surface area contributed by atoms with Gasteiger partial charge in [0, 0.05) is 12.1 Å². The molecule has 0 aliphatic carbocycles. The first-order valence-electron chi connectivity index (χ1n) is 5.55. The van der Waals surface area contributed by atoms with Gasteiger partial charge in [-0.15, -0.1) is 0 Å². The van der Waals surface area contributed by atoms with Gasteiger partial charge in [0.15, 0.2) is 0 Å². The minimum Gasteiger partial charge on any atom is -0.350 e. The summed E-state index contributed by atoms with van der Waals surface area (Å²) >= 11 is 5.49. The van der Waals surface area contributed by atoms with E-state index in [0.29, 0.717) is 0 Å². The highest BCUT2D eigenvalue weighted by molar-refractivity contribution is 6.31. The van der Waals surface area contributed by atoms with E-state index in [1.165, 1.54) is 18.2 Å². The van der Waals surface area contributed by atoms with Crippen LogP contribution in [0, 0.1) is 0 Å². The summed E-state index contributed by atoms with van der Waals surface area (Å²) in [4.78, 5) is 11.3. The molecule has 104 valence electrons. The van der Waals surface area contributed by atoms with Gasteiger partial charge < -0.3 is 5.32 Å². The minimum atomic E-state index is -4.51. The molecule has 0 heterocycles. The molecule has 0 spiro atoms. The highest BCUT2D eigenvalue weighted by atomic mass is 35.5. The fourth-order valence-corrected chi connectivity index (χ4v) is 1.59. The van der Waals surface area contributed by atoms with Crippen molar-refractivity contribution in [2.24, 2.45) is 0 Å². The molecule has 2 nitrogen and oxygen atoms in total. The van der Waals surface area contributed by atoms with Crippen molar-refractivity contribution in [3.8, 4) is 0 Å². The summed E-state index contributed by atoms with van der Waals surface area (Å²) in [6, 6.07) is 3.44. The topological polar surface area (TPSA) is 29.1 Å². The monoisotopic (exact) mass is 291 g/mol. The average Bonchev–Trinajstić information content (AvgIpc) is 2.25. The first-order chi connectivity index (χ1) is 8.70. The predicted octanol–water partition coefficient (Wildman–Crippen LogP) is 3.90. The second-order valence-electron chi connectivity index (χ2n) is 4.23. The average molecular weight is 292 g/mol. The summed E-state index contributed by atoms with van der Waals surface area (Å²) in [5.41, 5.74) is -0.656. The van der Waals surface area contributed by atoms with Gasteiger partial charge in [0.05, 0.1) is 10.6 Å². The Bertz CT molecular complexity index is 495. The van der Waals surface area contributed by atoms with Crippen molar-refractivity contribution in [1.29, 1.82) is 0 Å². The third kappa shape index (κ3) is 4.95. The van der Waals surface area contributed by atoms with Gasteiger partial charge in [-0.3, -0.25) is 4.79 Å². The Kier molecular flexibility index (Phi) is 5.00. The van der Waals surface area contributed by atoms with Crippen molar-refractivity contribution < 1.29 is 18.0 Å². The summed E-state index contributed by atoms with van der Waals surface area (Å²) < 4.78 is 37.8. The number of alkyl halides is 3. The van der Waals surface area contributed by atoms with E-state index in [-0.39, 0.29) is 22.5 Å². The molecular weight excluding hydrogens is 279 g/mol. The third-order valence-corrected chi connectivity index (χ3v) is 2.48. The van der Waals surface area contributed by atoms with E-state index >= 15 is 0 Å². The van der Waals surface area contributed by atoms with Gasteiger partial charge in [-0.2, -0.15) is 13.2 Å². The van der Waals surface area contributed by atoms with E-state index in [1.807, 2.05) is 0 Å². The summed E-state index contributed by atoms with van der Waals surface area (Å²) in [7, 11) is 0.